The Morgan fingerprint density at radius 3 is 2.26 bits per heavy atom. The Bertz CT molecular complexity index is 936. The van der Waals surface area contributed by atoms with Gasteiger partial charge in [-0.1, -0.05) is 29.3 Å². The van der Waals surface area contributed by atoms with E-state index in [1.165, 1.54) is 11.9 Å². The van der Waals surface area contributed by atoms with E-state index in [0.717, 1.165) is 28.6 Å². The zero-order valence-electron chi connectivity index (χ0n) is 15.0. The Morgan fingerprint density at radius 1 is 1.11 bits per heavy atom. The molecular formula is C18H19Cl2FN2O3S. The molecule has 0 spiro atoms. The maximum absolute atomic E-state index is 13.0. The number of carbonyl (C=O) groups is 1. The van der Waals surface area contributed by atoms with Crippen LogP contribution in [0.1, 0.15) is 18.5 Å². The Labute approximate surface area is 168 Å². The van der Waals surface area contributed by atoms with Crippen LogP contribution in [0.15, 0.2) is 47.4 Å². The van der Waals surface area contributed by atoms with Crippen LogP contribution < -0.4 is 0 Å². The number of hydrogen-bond acceptors (Lipinski definition) is 3. The third-order valence-corrected chi connectivity index (χ3v) is 6.65. The van der Waals surface area contributed by atoms with Gasteiger partial charge < -0.3 is 4.90 Å². The number of likely N-dealkylation sites (N-methyl/N-ethyl adjacent to an activating group) is 2. The molecule has 1 unspecified atom stereocenters. The number of nitrogens with zero attached hydrogens (tertiary/aromatic N) is 2. The SMILES string of the molecule is CC(c1ccc(Cl)cc1Cl)N(C)C(=O)CN(C)S(=O)(=O)c1ccc(F)cc1. The van der Waals surface area contributed by atoms with E-state index in [4.69, 9.17) is 23.2 Å². The van der Waals surface area contributed by atoms with Gasteiger partial charge in [0.15, 0.2) is 0 Å². The van der Waals surface area contributed by atoms with Crippen molar-refractivity contribution in [1.29, 1.82) is 0 Å². The third kappa shape index (κ3) is 4.99. The topological polar surface area (TPSA) is 57.7 Å². The van der Waals surface area contributed by atoms with Crippen LogP contribution in [0, 0.1) is 5.82 Å². The molecule has 5 nitrogen and oxygen atoms in total. The van der Waals surface area contributed by atoms with Crippen LogP contribution in [0.25, 0.3) is 0 Å². The summed E-state index contributed by atoms with van der Waals surface area (Å²) in [5, 5.41) is 0.900. The Morgan fingerprint density at radius 2 is 1.70 bits per heavy atom. The number of rotatable bonds is 6. The van der Waals surface area contributed by atoms with Crippen molar-refractivity contribution >= 4 is 39.1 Å². The fourth-order valence-electron chi connectivity index (χ4n) is 2.44. The summed E-state index contributed by atoms with van der Waals surface area (Å²) in [6.07, 6.45) is 0. The minimum atomic E-state index is -3.91. The third-order valence-electron chi connectivity index (χ3n) is 4.27. The number of carbonyl (C=O) groups excluding carboxylic acids is 1. The molecule has 9 heteroatoms. The average molecular weight is 433 g/mol. The maximum Gasteiger partial charge on any atom is 0.243 e. The molecule has 1 atom stereocenters. The smallest absolute Gasteiger partial charge is 0.243 e. The normalized spacial score (nSPS) is 12.9. The first kappa shape index (κ1) is 21.6. The van der Waals surface area contributed by atoms with Crippen molar-refractivity contribution in [2.75, 3.05) is 20.6 Å². The zero-order valence-corrected chi connectivity index (χ0v) is 17.3. The summed E-state index contributed by atoms with van der Waals surface area (Å²) >= 11 is 12.1. The largest absolute Gasteiger partial charge is 0.338 e. The fraction of sp³-hybridized carbons (Fsp3) is 0.278. The van der Waals surface area contributed by atoms with E-state index >= 15 is 0 Å². The molecule has 0 aliphatic carbocycles. The van der Waals surface area contributed by atoms with Crippen LogP contribution in [0.2, 0.25) is 10.0 Å². The molecule has 0 saturated carbocycles. The summed E-state index contributed by atoms with van der Waals surface area (Å²) < 4.78 is 39.0. The molecule has 1 amide bonds. The molecule has 2 aromatic carbocycles. The van der Waals surface area contributed by atoms with Gasteiger partial charge in [-0.25, -0.2) is 12.8 Å². The van der Waals surface area contributed by atoms with E-state index in [1.807, 2.05) is 0 Å². The van der Waals surface area contributed by atoms with Crippen molar-refractivity contribution in [3.05, 3.63) is 63.9 Å². The minimum absolute atomic E-state index is 0.0874. The predicted molar refractivity (Wildman–Crippen MR) is 104 cm³/mol. The van der Waals surface area contributed by atoms with Crippen LogP contribution in [-0.2, 0) is 14.8 Å². The molecule has 0 radical (unpaired) electrons. The number of benzene rings is 2. The lowest BCUT2D eigenvalue weighted by atomic mass is 10.1. The van der Waals surface area contributed by atoms with Gasteiger partial charge in [0.25, 0.3) is 0 Å². The van der Waals surface area contributed by atoms with E-state index in [2.05, 4.69) is 0 Å². The number of sulfonamides is 1. The van der Waals surface area contributed by atoms with Crippen molar-refractivity contribution in [3.63, 3.8) is 0 Å². The predicted octanol–water partition coefficient (Wildman–Crippen LogP) is 3.97. The Balaban J connectivity index is 2.14. The first-order chi connectivity index (χ1) is 12.5. The number of halogens is 3. The monoisotopic (exact) mass is 432 g/mol. The van der Waals surface area contributed by atoms with Gasteiger partial charge in [0, 0.05) is 24.1 Å². The highest BCUT2D eigenvalue weighted by atomic mass is 35.5. The second-order valence-electron chi connectivity index (χ2n) is 6.06. The van der Waals surface area contributed by atoms with Gasteiger partial charge in [0.2, 0.25) is 15.9 Å². The van der Waals surface area contributed by atoms with Gasteiger partial charge in [0.05, 0.1) is 17.5 Å². The highest BCUT2D eigenvalue weighted by molar-refractivity contribution is 7.89. The second kappa shape index (κ2) is 8.56. The molecule has 27 heavy (non-hydrogen) atoms. The standard InChI is InChI=1S/C18H19Cl2FN2O3S/c1-12(16-9-4-13(19)10-17(16)20)23(3)18(24)11-22(2)27(25,26)15-7-5-14(21)6-8-15/h4-10,12H,11H2,1-3H3. The molecule has 0 N–H and O–H groups in total. The van der Waals surface area contributed by atoms with Crippen molar-refractivity contribution in [3.8, 4) is 0 Å². The molecule has 146 valence electrons. The lowest BCUT2D eigenvalue weighted by Gasteiger charge is -2.28. The molecule has 2 rings (SSSR count). The fourth-order valence-corrected chi connectivity index (χ4v) is 4.13. The highest BCUT2D eigenvalue weighted by Crippen LogP contribution is 2.29. The quantitative estimate of drug-likeness (QED) is 0.693. The summed E-state index contributed by atoms with van der Waals surface area (Å²) in [4.78, 5) is 13.9. The van der Waals surface area contributed by atoms with Crippen molar-refractivity contribution in [1.82, 2.24) is 9.21 Å². The Hall–Kier alpha value is -1.67. The highest BCUT2D eigenvalue weighted by Gasteiger charge is 2.26. The van der Waals surface area contributed by atoms with Crippen LogP contribution in [0.4, 0.5) is 4.39 Å². The lowest BCUT2D eigenvalue weighted by molar-refractivity contribution is -0.131. The summed E-state index contributed by atoms with van der Waals surface area (Å²) in [5.74, 6) is -0.956. The Kier molecular flexibility index (Phi) is 6.86. The van der Waals surface area contributed by atoms with Gasteiger partial charge in [0.1, 0.15) is 5.82 Å². The molecule has 0 aliphatic heterocycles. The molecule has 0 fully saturated rings. The average Bonchev–Trinajstić information content (AvgIpc) is 2.60. The second-order valence-corrected chi connectivity index (χ2v) is 8.95. The lowest BCUT2D eigenvalue weighted by Crippen LogP contribution is -2.40. The summed E-state index contributed by atoms with van der Waals surface area (Å²) in [6, 6.07) is 9.01. The number of hydrogen-bond donors (Lipinski definition) is 0. The molecule has 0 saturated heterocycles. The number of amides is 1. The summed E-state index contributed by atoms with van der Waals surface area (Å²) in [7, 11) is -1.05. The summed E-state index contributed by atoms with van der Waals surface area (Å²) in [5.41, 5.74) is 0.695. The van der Waals surface area contributed by atoms with E-state index in [9.17, 15) is 17.6 Å². The minimum Gasteiger partial charge on any atom is -0.338 e. The van der Waals surface area contributed by atoms with Gasteiger partial charge in [-0.2, -0.15) is 4.31 Å². The van der Waals surface area contributed by atoms with Crippen LogP contribution in [-0.4, -0.2) is 44.2 Å². The first-order valence-electron chi connectivity index (χ1n) is 7.96. The van der Waals surface area contributed by atoms with Crippen molar-refractivity contribution in [2.45, 2.75) is 17.9 Å². The zero-order chi connectivity index (χ0) is 20.4. The molecule has 0 aromatic heterocycles. The van der Waals surface area contributed by atoms with Crippen molar-refractivity contribution < 1.29 is 17.6 Å². The van der Waals surface area contributed by atoms with Crippen molar-refractivity contribution in [2.24, 2.45) is 0 Å². The molecule has 0 aliphatic rings. The molecule has 0 bridgehead atoms. The van der Waals surface area contributed by atoms with Gasteiger partial charge in [-0.3, -0.25) is 4.79 Å². The molecule has 0 heterocycles. The van der Waals surface area contributed by atoms with E-state index in [1.54, 1.807) is 32.2 Å². The molecular weight excluding hydrogens is 414 g/mol. The van der Waals surface area contributed by atoms with Gasteiger partial charge >= 0.3 is 0 Å². The summed E-state index contributed by atoms with van der Waals surface area (Å²) in [6.45, 7) is 1.41. The maximum atomic E-state index is 13.0. The van der Waals surface area contributed by atoms with Crippen LogP contribution >= 0.6 is 23.2 Å². The van der Waals surface area contributed by atoms with Crippen LogP contribution in [0.5, 0.6) is 0 Å². The van der Waals surface area contributed by atoms with E-state index in [-0.39, 0.29) is 17.5 Å². The van der Waals surface area contributed by atoms with E-state index < -0.39 is 21.7 Å². The van der Waals surface area contributed by atoms with Gasteiger partial charge in [-0.15, -0.1) is 0 Å². The van der Waals surface area contributed by atoms with Gasteiger partial charge in [-0.05, 0) is 48.9 Å². The molecule has 2 aromatic rings. The first-order valence-corrected chi connectivity index (χ1v) is 10.2. The van der Waals surface area contributed by atoms with Crippen LogP contribution in [0.3, 0.4) is 0 Å². The van der Waals surface area contributed by atoms with E-state index in [0.29, 0.717) is 15.6 Å².